The van der Waals surface area contributed by atoms with Gasteiger partial charge in [-0.05, 0) is 50.5 Å². The van der Waals surface area contributed by atoms with Crippen LogP contribution in [0.2, 0.25) is 0 Å². The van der Waals surface area contributed by atoms with Crippen molar-refractivity contribution >= 4 is 28.7 Å². The molecule has 2 aromatic rings. The largest absolute Gasteiger partial charge is 0.481 e. The SMILES string of the molecule is Cc1[nH]c2ccc(C(=O)N3CCC4(CC3)[C@@H](C(=O)O)CC(=O)N4C)cc2c1C. The average Bonchev–Trinajstić information content (AvgIpc) is 3.10. The summed E-state index contributed by atoms with van der Waals surface area (Å²) in [5.41, 5.74) is 3.19. The highest BCUT2D eigenvalue weighted by Crippen LogP contribution is 2.43. The molecule has 0 unspecified atom stereocenters. The molecule has 7 heteroatoms. The third-order valence-corrected chi connectivity index (χ3v) is 6.84. The minimum atomic E-state index is -0.929. The molecule has 1 atom stereocenters. The van der Waals surface area contributed by atoms with Gasteiger partial charge in [0, 0.05) is 48.7 Å². The van der Waals surface area contributed by atoms with E-state index in [1.54, 1.807) is 16.8 Å². The number of hydrogen-bond acceptors (Lipinski definition) is 3. The van der Waals surface area contributed by atoms with Crippen LogP contribution >= 0.6 is 0 Å². The molecule has 7 nitrogen and oxygen atoms in total. The van der Waals surface area contributed by atoms with Crippen LogP contribution in [0.1, 0.15) is 40.9 Å². The molecule has 0 bridgehead atoms. The molecule has 1 aromatic carbocycles. The zero-order chi connectivity index (χ0) is 20.2. The second kappa shape index (κ2) is 6.36. The van der Waals surface area contributed by atoms with Gasteiger partial charge in [0.1, 0.15) is 0 Å². The van der Waals surface area contributed by atoms with Crippen molar-refractivity contribution < 1.29 is 19.5 Å². The highest BCUT2D eigenvalue weighted by Gasteiger charge is 2.55. The Morgan fingerprint density at radius 1 is 1.21 bits per heavy atom. The van der Waals surface area contributed by atoms with Crippen LogP contribution in [-0.2, 0) is 9.59 Å². The Labute approximate surface area is 163 Å². The van der Waals surface area contributed by atoms with Gasteiger partial charge in [0.2, 0.25) is 5.91 Å². The monoisotopic (exact) mass is 383 g/mol. The Morgan fingerprint density at radius 2 is 1.89 bits per heavy atom. The molecule has 0 aliphatic carbocycles. The van der Waals surface area contributed by atoms with Crippen molar-refractivity contribution in [3.8, 4) is 0 Å². The maximum atomic E-state index is 13.0. The van der Waals surface area contributed by atoms with Crippen LogP contribution in [0.15, 0.2) is 18.2 Å². The molecule has 0 radical (unpaired) electrons. The number of fused-ring (bicyclic) bond motifs is 1. The van der Waals surface area contributed by atoms with Crippen molar-refractivity contribution in [1.82, 2.24) is 14.8 Å². The number of carboxylic acids is 1. The molecule has 2 saturated heterocycles. The molecule has 2 amide bonds. The first-order chi connectivity index (χ1) is 13.2. The quantitative estimate of drug-likeness (QED) is 0.832. The van der Waals surface area contributed by atoms with Gasteiger partial charge in [0.25, 0.3) is 5.91 Å². The summed E-state index contributed by atoms with van der Waals surface area (Å²) in [4.78, 5) is 43.6. The lowest BCUT2D eigenvalue weighted by molar-refractivity contribution is -0.145. The summed E-state index contributed by atoms with van der Waals surface area (Å²) in [7, 11) is 1.69. The van der Waals surface area contributed by atoms with Gasteiger partial charge < -0.3 is 19.9 Å². The summed E-state index contributed by atoms with van der Waals surface area (Å²) < 4.78 is 0. The summed E-state index contributed by atoms with van der Waals surface area (Å²) in [6, 6.07) is 5.68. The number of aromatic nitrogens is 1. The molecule has 2 fully saturated rings. The lowest BCUT2D eigenvalue weighted by atomic mass is 9.77. The van der Waals surface area contributed by atoms with E-state index in [2.05, 4.69) is 4.98 Å². The fourth-order valence-corrected chi connectivity index (χ4v) is 4.86. The van der Waals surface area contributed by atoms with E-state index < -0.39 is 17.4 Å². The first-order valence-electron chi connectivity index (χ1n) is 9.62. The highest BCUT2D eigenvalue weighted by molar-refractivity contribution is 5.99. The van der Waals surface area contributed by atoms with Gasteiger partial charge in [-0.25, -0.2) is 0 Å². The maximum Gasteiger partial charge on any atom is 0.309 e. The second-order valence-corrected chi connectivity index (χ2v) is 8.08. The van der Waals surface area contributed by atoms with Crippen molar-refractivity contribution in [2.45, 2.75) is 38.6 Å². The predicted molar refractivity (Wildman–Crippen MR) is 104 cm³/mol. The number of nitrogens with one attached hydrogen (secondary N) is 1. The van der Waals surface area contributed by atoms with E-state index in [1.807, 2.05) is 32.0 Å². The normalized spacial score (nSPS) is 21.7. The number of likely N-dealkylation sites (tertiary alicyclic amines) is 2. The number of hydrogen-bond donors (Lipinski definition) is 2. The van der Waals surface area contributed by atoms with Crippen molar-refractivity contribution in [3.05, 3.63) is 35.0 Å². The standard InChI is InChI=1S/C21H25N3O4/c1-12-13(2)22-17-5-4-14(10-15(12)17)19(26)24-8-6-21(7-9-24)16(20(27)28)11-18(25)23(21)3/h4-5,10,16,22H,6-9,11H2,1-3H3,(H,27,28)/t16-/m1/s1. The number of H-pyrrole nitrogens is 1. The molecule has 2 aliphatic heterocycles. The van der Waals surface area contributed by atoms with Gasteiger partial charge in [0.15, 0.2) is 0 Å². The number of piperidine rings is 1. The average molecular weight is 383 g/mol. The number of aryl methyl sites for hydroxylation is 2. The van der Waals surface area contributed by atoms with Crippen LogP contribution in [0.3, 0.4) is 0 Å². The fraction of sp³-hybridized carbons (Fsp3) is 0.476. The molecule has 1 spiro atoms. The zero-order valence-electron chi connectivity index (χ0n) is 16.4. The molecule has 3 heterocycles. The van der Waals surface area contributed by atoms with Crippen molar-refractivity contribution in [2.75, 3.05) is 20.1 Å². The molecular weight excluding hydrogens is 358 g/mol. The Morgan fingerprint density at radius 3 is 2.54 bits per heavy atom. The van der Waals surface area contributed by atoms with Crippen LogP contribution in [0, 0.1) is 19.8 Å². The van der Waals surface area contributed by atoms with Gasteiger partial charge in [-0.2, -0.15) is 0 Å². The zero-order valence-corrected chi connectivity index (χ0v) is 16.4. The van der Waals surface area contributed by atoms with Crippen LogP contribution in [-0.4, -0.2) is 63.4 Å². The Balaban J connectivity index is 1.55. The minimum absolute atomic E-state index is 0.0442. The van der Waals surface area contributed by atoms with Gasteiger partial charge in [-0.3, -0.25) is 14.4 Å². The second-order valence-electron chi connectivity index (χ2n) is 8.08. The number of nitrogens with zero attached hydrogens (tertiary/aromatic N) is 2. The highest BCUT2D eigenvalue weighted by atomic mass is 16.4. The number of amides is 2. The lowest BCUT2D eigenvalue weighted by Gasteiger charge is -2.45. The minimum Gasteiger partial charge on any atom is -0.481 e. The van der Waals surface area contributed by atoms with Crippen LogP contribution < -0.4 is 0 Å². The van der Waals surface area contributed by atoms with E-state index in [-0.39, 0.29) is 18.2 Å². The van der Waals surface area contributed by atoms with E-state index in [0.717, 1.165) is 22.2 Å². The Kier molecular flexibility index (Phi) is 4.21. The van der Waals surface area contributed by atoms with E-state index in [1.165, 1.54) is 0 Å². The topological polar surface area (TPSA) is 93.7 Å². The van der Waals surface area contributed by atoms with E-state index in [4.69, 9.17) is 0 Å². The van der Waals surface area contributed by atoms with E-state index in [9.17, 15) is 19.5 Å². The number of rotatable bonds is 2. The van der Waals surface area contributed by atoms with Crippen molar-refractivity contribution in [2.24, 2.45) is 5.92 Å². The molecule has 1 aromatic heterocycles. The molecule has 4 rings (SSSR count). The smallest absolute Gasteiger partial charge is 0.309 e. The molecule has 28 heavy (non-hydrogen) atoms. The van der Waals surface area contributed by atoms with Gasteiger partial charge in [0.05, 0.1) is 11.5 Å². The maximum absolute atomic E-state index is 13.0. The van der Waals surface area contributed by atoms with Gasteiger partial charge in [-0.1, -0.05) is 0 Å². The fourth-order valence-electron chi connectivity index (χ4n) is 4.86. The molecule has 2 aliphatic rings. The number of carbonyl (C=O) groups is 3. The third-order valence-electron chi connectivity index (χ3n) is 6.84. The Bertz CT molecular complexity index is 985. The first kappa shape index (κ1) is 18.5. The van der Waals surface area contributed by atoms with Crippen LogP contribution in [0.5, 0.6) is 0 Å². The Hall–Kier alpha value is -2.83. The first-order valence-corrected chi connectivity index (χ1v) is 9.62. The summed E-state index contributed by atoms with van der Waals surface area (Å²) in [5.74, 6) is -1.81. The molecule has 0 saturated carbocycles. The summed E-state index contributed by atoms with van der Waals surface area (Å²) >= 11 is 0. The number of carboxylic acid groups (broad SMARTS) is 1. The predicted octanol–water partition coefficient (Wildman–Crippen LogP) is 2.32. The third kappa shape index (κ3) is 2.60. The van der Waals surface area contributed by atoms with Gasteiger partial charge >= 0.3 is 5.97 Å². The number of aliphatic carboxylic acids is 1. The summed E-state index contributed by atoms with van der Waals surface area (Å²) in [6.07, 6.45) is 1.02. The van der Waals surface area contributed by atoms with Crippen LogP contribution in [0.25, 0.3) is 10.9 Å². The number of aromatic amines is 1. The molecule has 148 valence electrons. The van der Waals surface area contributed by atoms with Crippen molar-refractivity contribution in [3.63, 3.8) is 0 Å². The van der Waals surface area contributed by atoms with Crippen LogP contribution in [0.4, 0.5) is 0 Å². The summed E-state index contributed by atoms with van der Waals surface area (Å²) in [5, 5.41) is 10.6. The number of benzene rings is 1. The van der Waals surface area contributed by atoms with Gasteiger partial charge in [-0.15, -0.1) is 0 Å². The number of carbonyl (C=O) groups excluding carboxylic acids is 2. The van der Waals surface area contributed by atoms with E-state index in [0.29, 0.717) is 31.5 Å². The summed E-state index contributed by atoms with van der Waals surface area (Å²) in [6.45, 7) is 4.94. The molecular formula is C21H25N3O4. The molecule has 2 N–H and O–H groups in total. The van der Waals surface area contributed by atoms with E-state index >= 15 is 0 Å². The lowest BCUT2D eigenvalue weighted by Crippen LogP contribution is -2.56. The van der Waals surface area contributed by atoms with Crippen molar-refractivity contribution in [1.29, 1.82) is 0 Å².